The highest BCUT2D eigenvalue weighted by molar-refractivity contribution is 5.84. The molecule has 0 saturated heterocycles. The predicted molar refractivity (Wildman–Crippen MR) is 276 cm³/mol. The molecule has 0 aliphatic rings. The molecule has 2 atom stereocenters. The molecule has 386 valence electrons. The van der Waals surface area contributed by atoms with Crippen LogP contribution in [0.1, 0.15) is 300 Å². The number of methoxy groups -OCH3 is 1. The van der Waals surface area contributed by atoms with Gasteiger partial charge in [-0.15, -0.1) is 0 Å². The maximum atomic E-state index is 13.9. The van der Waals surface area contributed by atoms with Crippen LogP contribution >= 0.6 is 0 Å². The van der Waals surface area contributed by atoms with Crippen molar-refractivity contribution in [3.05, 3.63) is 0 Å². The van der Waals surface area contributed by atoms with Crippen molar-refractivity contribution in [1.82, 2.24) is 5.32 Å². The third-order valence-electron chi connectivity index (χ3n) is 13.6. The Labute approximate surface area is 404 Å². The summed E-state index contributed by atoms with van der Waals surface area (Å²) < 4.78 is 23.5. The van der Waals surface area contributed by atoms with Gasteiger partial charge in [-0.2, -0.15) is 0 Å². The molecule has 0 spiro atoms. The number of unbranched alkanes of at least 4 members (excludes halogenated alkanes) is 28. The van der Waals surface area contributed by atoms with E-state index in [0.29, 0.717) is 19.4 Å². The van der Waals surface area contributed by atoms with Crippen LogP contribution in [-0.2, 0) is 33.3 Å². The summed E-state index contributed by atoms with van der Waals surface area (Å²) in [5.41, 5.74) is -1.39. The van der Waals surface area contributed by atoms with E-state index in [1.807, 2.05) is 13.8 Å². The molecule has 2 unspecified atom stereocenters. The molecule has 0 bridgehead atoms. The SMILES string of the molecule is CCCCCCCCCCCCCCCCCC(=O)OCC(OC(=O)CCCCCCCCCCCCCCCCC)C(=O)NC(C)(C)CC(C)(C)CC(C)(C)OCCC(C)(CC)OC. The molecule has 0 aliphatic carbocycles. The Hall–Kier alpha value is -1.67. The van der Waals surface area contributed by atoms with Crippen molar-refractivity contribution in [2.75, 3.05) is 20.3 Å². The van der Waals surface area contributed by atoms with Crippen molar-refractivity contribution in [2.45, 2.75) is 323 Å². The number of ether oxygens (including phenoxy) is 4. The predicted octanol–water partition coefficient (Wildman–Crippen LogP) is 16.7. The average Bonchev–Trinajstić information content (AvgIpc) is 3.23. The molecule has 8 heteroatoms. The topological polar surface area (TPSA) is 100 Å². The summed E-state index contributed by atoms with van der Waals surface area (Å²) in [6.07, 6.45) is 40.3. The summed E-state index contributed by atoms with van der Waals surface area (Å²) in [4.78, 5) is 39.9. The van der Waals surface area contributed by atoms with Gasteiger partial charge in [0.15, 0.2) is 0 Å². The van der Waals surface area contributed by atoms with Crippen LogP contribution in [0.25, 0.3) is 0 Å². The van der Waals surface area contributed by atoms with Crippen molar-refractivity contribution in [2.24, 2.45) is 5.41 Å². The van der Waals surface area contributed by atoms with Gasteiger partial charge in [-0.05, 0) is 78.6 Å². The summed E-state index contributed by atoms with van der Waals surface area (Å²) in [7, 11) is 1.76. The van der Waals surface area contributed by atoms with E-state index < -0.39 is 23.5 Å². The van der Waals surface area contributed by atoms with E-state index in [4.69, 9.17) is 18.9 Å². The fourth-order valence-corrected chi connectivity index (χ4v) is 9.79. The Kier molecular flexibility index (Phi) is 38.2. The van der Waals surface area contributed by atoms with Crippen LogP contribution in [-0.4, -0.2) is 61.0 Å². The number of rotatable bonds is 47. The van der Waals surface area contributed by atoms with Crippen LogP contribution < -0.4 is 5.32 Å². The number of esters is 2. The van der Waals surface area contributed by atoms with Crippen molar-refractivity contribution in [3.63, 3.8) is 0 Å². The number of amides is 1. The molecule has 1 amide bonds. The van der Waals surface area contributed by atoms with E-state index >= 15 is 0 Å². The summed E-state index contributed by atoms with van der Waals surface area (Å²) in [5, 5.41) is 3.16. The van der Waals surface area contributed by atoms with Crippen LogP contribution in [0.3, 0.4) is 0 Å². The second kappa shape index (κ2) is 39.2. The van der Waals surface area contributed by atoms with E-state index in [9.17, 15) is 14.4 Å². The van der Waals surface area contributed by atoms with Crippen LogP contribution in [0.2, 0.25) is 0 Å². The first-order valence-electron chi connectivity index (χ1n) is 27.8. The van der Waals surface area contributed by atoms with Gasteiger partial charge in [0.05, 0.1) is 17.8 Å². The Bertz CT molecular complexity index is 1150. The van der Waals surface area contributed by atoms with Gasteiger partial charge < -0.3 is 24.3 Å². The Balaban J connectivity index is 4.97. The van der Waals surface area contributed by atoms with Gasteiger partial charge in [-0.3, -0.25) is 14.4 Å². The maximum absolute atomic E-state index is 13.9. The molecule has 0 fully saturated rings. The van der Waals surface area contributed by atoms with Gasteiger partial charge in [0.1, 0.15) is 6.61 Å². The highest BCUT2D eigenvalue weighted by atomic mass is 16.6. The normalized spacial score (nSPS) is 13.7. The second-order valence-corrected chi connectivity index (χ2v) is 22.3. The lowest BCUT2D eigenvalue weighted by Gasteiger charge is -2.41. The minimum atomic E-state index is -1.19. The van der Waals surface area contributed by atoms with E-state index in [1.165, 1.54) is 154 Å². The fourth-order valence-electron chi connectivity index (χ4n) is 9.79. The molecule has 0 aromatic carbocycles. The van der Waals surface area contributed by atoms with Gasteiger partial charge in [0.25, 0.3) is 5.91 Å². The average molecular weight is 923 g/mol. The standard InChI is InChI=1S/C57H111NO7/c1-12-15-17-19-21-23-25-27-29-31-33-35-37-39-41-43-51(59)63-47-50(65-52(60)44-42-40-38-36-34-32-30-28-26-24-22-20-18-16-13-2)53(61)58-55(6,7)48-54(4,5)49-56(8,9)64-46-45-57(10,14-3)62-11/h50H,12-49H2,1-11H3,(H,58,61). The van der Waals surface area contributed by atoms with Crippen molar-refractivity contribution < 1.29 is 33.3 Å². The smallest absolute Gasteiger partial charge is 0.306 e. The summed E-state index contributed by atoms with van der Waals surface area (Å²) in [5.74, 6) is -1.18. The van der Waals surface area contributed by atoms with Gasteiger partial charge in [-0.25, -0.2) is 0 Å². The minimum Gasteiger partial charge on any atom is -0.461 e. The number of hydrogen-bond donors (Lipinski definition) is 1. The van der Waals surface area contributed by atoms with Crippen molar-refractivity contribution in [3.8, 4) is 0 Å². The molecule has 0 aromatic rings. The summed E-state index contributed by atoms with van der Waals surface area (Å²) >= 11 is 0. The third-order valence-corrected chi connectivity index (χ3v) is 13.6. The molecule has 0 aliphatic heterocycles. The van der Waals surface area contributed by atoms with Crippen LogP contribution in [0.15, 0.2) is 0 Å². The van der Waals surface area contributed by atoms with Gasteiger partial charge >= 0.3 is 11.9 Å². The Morgan fingerprint density at radius 1 is 0.492 bits per heavy atom. The minimum absolute atomic E-state index is 0.185. The zero-order valence-electron chi connectivity index (χ0n) is 45.3. The fraction of sp³-hybridized carbons (Fsp3) is 0.947. The molecule has 0 heterocycles. The second-order valence-electron chi connectivity index (χ2n) is 22.3. The first-order chi connectivity index (χ1) is 30.9. The zero-order chi connectivity index (χ0) is 48.7. The molecule has 1 N–H and O–H groups in total. The third kappa shape index (κ3) is 38.9. The molecule has 0 rings (SSSR count). The Morgan fingerprint density at radius 2 is 0.862 bits per heavy atom. The van der Waals surface area contributed by atoms with E-state index in [-0.39, 0.29) is 35.6 Å². The van der Waals surface area contributed by atoms with Crippen LogP contribution in [0, 0.1) is 5.41 Å². The first kappa shape index (κ1) is 63.3. The van der Waals surface area contributed by atoms with E-state index in [2.05, 4.69) is 60.7 Å². The molecule has 8 nitrogen and oxygen atoms in total. The van der Waals surface area contributed by atoms with E-state index in [0.717, 1.165) is 57.8 Å². The first-order valence-corrected chi connectivity index (χ1v) is 27.8. The van der Waals surface area contributed by atoms with Crippen molar-refractivity contribution in [1.29, 1.82) is 0 Å². The van der Waals surface area contributed by atoms with Gasteiger partial charge in [-0.1, -0.05) is 214 Å². The summed E-state index contributed by atoms with van der Waals surface area (Å²) in [6, 6.07) is 0. The monoisotopic (exact) mass is 922 g/mol. The molecule has 65 heavy (non-hydrogen) atoms. The number of carbonyl (C=O) groups excluding carboxylic acids is 3. The maximum Gasteiger partial charge on any atom is 0.306 e. The lowest BCUT2D eigenvalue weighted by atomic mass is 9.73. The quantitative estimate of drug-likeness (QED) is 0.0479. The van der Waals surface area contributed by atoms with Gasteiger partial charge in [0, 0.05) is 25.5 Å². The highest BCUT2D eigenvalue weighted by Crippen LogP contribution is 2.37. The number of hydrogen-bond acceptors (Lipinski definition) is 7. The molecule has 0 radical (unpaired) electrons. The lowest BCUT2D eigenvalue weighted by molar-refractivity contribution is -0.165. The molecule has 0 aromatic heterocycles. The Morgan fingerprint density at radius 3 is 1.23 bits per heavy atom. The zero-order valence-corrected chi connectivity index (χ0v) is 45.3. The molecular weight excluding hydrogens is 811 g/mol. The number of carbonyl (C=O) groups is 3. The molecule has 0 saturated carbocycles. The van der Waals surface area contributed by atoms with Crippen LogP contribution in [0.5, 0.6) is 0 Å². The lowest BCUT2D eigenvalue weighted by Crippen LogP contribution is -2.52. The molecular formula is C57H111NO7. The largest absolute Gasteiger partial charge is 0.461 e. The van der Waals surface area contributed by atoms with E-state index in [1.54, 1.807) is 7.11 Å². The number of nitrogens with one attached hydrogen (secondary N) is 1. The summed E-state index contributed by atoms with van der Waals surface area (Å²) in [6.45, 7) is 21.8. The van der Waals surface area contributed by atoms with Crippen molar-refractivity contribution >= 4 is 17.8 Å². The van der Waals surface area contributed by atoms with Crippen LogP contribution in [0.4, 0.5) is 0 Å². The highest BCUT2D eigenvalue weighted by Gasteiger charge is 2.37. The van der Waals surface area contributed by atoms with Gasteiger partial charge in [0.2, 0.25) is 6.10 Å².